The van der Waals surface area contributed by atoms with E-state index in [0.717, 1.165) is 18.4 Å². The van der Waals surface area contributed by atoms with Crippen LogP contribution in [0.25, 0.3) is 16.9 Å². The summed E-state index contributed by atoms with van der Waals surface area (Å²) in [4.78, 5) is 17.8. The molecule has 0 amide bonds. The van der Waals surface area contributed by atoms with Gasteiger partial charge in [0.2, 0.25) is 15.8 Å². The van der Waals surface area contributed by atoms with Crippen molar-refractivity contribution < 1.29 is 13.2 Å². The summed E-state index contributed by atoms with van der Waals surface area (Å²) in [5.74, 6) is -0.123. The monoisotopic (exact) mass is 468 g/mol. The van der Waals surface area contributed by atoms with Crippen molar-refractivity contribution in [3.05, 3.63) is 70.7 Å². The van der Waals surface area contributed by atoms with Crippen molar-refractivity contribution in [3.63, 3.8) is 0 Å². The molecule has 1 N–H and O–H groups in total. The molecule has 4 rings (SSSR count). The molecular weight excluding hydrogens is 444 g/mol. The number of ketones is 1. The number of nitrogens with one attached hydrogen (secondary N) is 1. The second-order valence-electron chi connectivity index (χ2n) is 7.61. The summed E-state index contributed by atoms with van der Waals surface area (Å²) in [6.07, 6.45) is 5.58. The molecule has 0 saturated heterocycles. The highest BCUT2D eigenvalue weighted by atomic mass is 32.2. The summed E-state index contributed by atoms with van der Waals surface area (Å²) in [5, 5.41) is 5.77. The molecule has 0 fully saturated rings. The number of carbonyl (C=O) groups is 1. The van der Waals surface area contributed by atoms with Crippen LogP contribution in [0.1, 0.15) is 48.3 Å². The summed E-state index contributed by atoms with van der Waals surface area (Å²) in [6.45, 7) is 3.77. The van der Waals surface area contributed by atoms with Gasteiger partial charge in [-0.1, -0.05) is 38.0 Å². The Labute approximate surface area is 191 Å². The minimum Gasteiger partial charge on any atom is -0.287 e. The van der Waals surface area contributed by atoms with Gasteiger partial charge >= 0.3 is 0 Å². The lowest BCUT2D eigenvalue weighted by molar-refractivity contribution is 0.104. The zero-order valence-corrected chi connectivity index (χ0v) is 19.5. The molecule has 0 aliphatic rings. The third-order valence-corrected chi connectivity index (χ3v) is 7.99. The Morgan fingerprint density at radius 3 is 2.81 bits per heavy atom. The maximum atomic E-state index is 12.8. The number of benzene rings is 1. The van der Waals surface area contributed by atoms with Gasteiger partial charge in [-0.15, -0.1) is 11.3 Å². The van der Waals surface area contributed by atoms with Crippen molar-refractivity contribution in [1.29, 1.82) is 0 Å². The Bertz CT molecular complexity index is 1340. The fourth-order valence-corrected chi connectivity index (χ4v) is 5.28. The van der Waals surface area contributed by atoms with Gasteiger partial charge in [-0.25, -0.2) is 17.9 Å². The summed E-state index contributed by atoms with van der Waals surface area (Å²) in [7, 11) is -3.49. The number of hydrogen-bond donors (Lipinski definition) is 1. The molecule has 1 atom stereocenters. The molecule has 166 valence electrons. The van der Waals surface area contributed by atoms with Crippen LogP contribution in [0.3, 0.4) is 0 Å². The fourth-order valence-electron chi connectivity index (χ4n) is 3.46. The third-order valence-electron chi connectivity index (χ3n) is 5.30. The molecule has 1 aromatic carbocycles. The van der Waals surface area contributed by atoms with E-state index in [0.29, 0.717) is 33.9 Å². The van der Waals surface area contributed by atoms with Gasteiger partial charge in [0.25, 0.3) is 0 Å². The zero-order chi connectivity index (χ0) is 22.7. The van der Waals surface area contributed by atoms with E-state index in [-0.39, 0.29) is 5.78 Å². The van der Waals surface area contributed by atoms with Gasteiger partial charge in [0.05, 0.1) is 27.6 Å². The maximum Gasteiger partial charge on any atom is 0.235 e. The molecule has 3 aromatic heterocycles. The van der Waals surface area contributed by atoms with E-state index in [4.69, 9.17) is 0 Å². The van der Waals surface area contributed by atoms with Gasteiger partial charge < -0.3 is 0 Å². The van der Waals surface area contributed by atoms with Crippen LogP contribution in [-0.2, 0) is 10.0 Å². The van der Waals surface area contributed by atoms with Crippen molar-refractivity contribution in [3.8, 4) is 11.3 Å². The highest BCUT2D eigenvalue weighted by Crippen LogP contribution is 2.26. The first-order valence-electron chi connectivity index (χ1n) is 10.4. The highest BCUT2D eigenvalue weighted by molar-refractivity contribution is 7.93. The maximum absolute atomic E-state index is 12.8. The van der Waals surface area contributed by atoms with E-state index in [1.54, 1.807) is 48.0 Å². The Balaban J connectivity index is 1.66. The number of nitrogens with zero attached hydrogens (tertiary/aromatic N) is 3. The van der Waals surface area contributed by atoms with Crippen molar-refractivity contribution in [2.24, 2.45) is 0 Å². The van der Waals surface area contributed by atoms with E-state index < -0.39 is 15.3 Å². The minimum absolute atomic E-state index is 0.123. The molecule has 4 aromatic rings. The molecular formula is C23H24N4O3S2. The normalized spacial score (nSPS) is 12.7. The van der Waals surface area contributed by atoms with Crippen molar-refractivity contribution in [2.75, 3.05) is 4.72 Å². The van der Waals surface area contributed by atoms with Crippen LogP contribution in [0.15, 0.2) is 60.2 Å². The number of sulfonamides is 1. The van der Waals surface area contributed by atoms with Gasteiger partial charge in [0, 0.05) is 17.4 Å². The first-order chi connectivity index (χ1) is 15.4. The largest absolute Gasteiger partial charge is 0.287 e. The molecule has 0 saturated carbocycles. The Kier molecular flexibility index (Phi) is 6.38. The summed E-state index contributed by atoms with van der Waals surface area (Å²) >= 11 is 1.37. The number of thiophene rings is 1. The number of aromatic nitrogens is 3. The van der Waals surface area contributed by atoms with Crippen LogP contribution in [0.2, 0.25) is 0 Å². The van der Waals surface area contributed by atoms with E-state index >= 15 is 0 Å². The quantitative estimate of drug-likeness (QED) is 0.349. The van der Waals surface area contributed by atoms with E-state index in [1.807, 2.05) is 24.4 Å². The topological polar surface area (TPSA) is 93.4 Å². The highest BCUT2D eigenvalue weighted by Gasteiger charge is 2.21. The van der Waals surface area contributed by atoms with Crippen molar-refractivity contribution in [1.82, 2.24) is 14.6 Å². The lowest BCUT2D eigenvalue weighted by Gasteiger charge is -2.15. The Hall–Kier alpha value is -3.04. The summed E-state index contributed by atoms with van der Waals surface area (Å²) < 4.78 is 29.7. The van der Waals surface area contributed by atoms with Crippen LogP contribution in [0.4, 0.5) is 5.69 Å². The van der Waals surface area contributed by atoms with Crippen molar-refractivity contribution >= 4 is 38.5 Å². The number of carbonyl (C=O) groups excluding carboxylic acids is 1. The SMILES string of the molecule is CCCCC(C)S(=O)(=O)Nc1cccc(-c2ccnc3c(C(=O)c4cccs4)cnn23)c1. The first-order valence-corrected chi connectivity index (χ1v) is 12.9. The van der Waals surface area contributed by atoms with Gasteiger partial charge in [0.1, 0.15) is 0 Å². The van der Waals surface area contributed by atoms with Gasteiger partial charge in [-0.05, 0) is 43.0 Å². The average Bonchev–Trinajstić information content (AvgIpc) is 3.47. The summed E-state index contributed by atoms with van der Waals surface area (Å²) in [5.41, 5.74) is 2.84. The predicted octanol–water partition coefficient (Wildman–Crippen LogP) is 5.01. The minimum atomic E-state index is -3.49. The number of anilines is 1. The van der Waals surface area contributed by atoms with Crippen LogP contribution < -0.4 is 4.72 Å². The molecule has 3 heterocycles. The number of hydrogen-bond acceptors (Lipinski definition) is 6. The van der Waals surface area contributed by atoms with Crippen LogP contribution in [-0.4, -0.2) is 34.0 Å². The van der Waals surface area contributed by atoms with Gasteiger partial charge in [0.15, 0.2) is 5.65 Å². The molecule has 0 aliphatic carbocycles. The zero-order valence-electron chi connectivity index (χ0n) is 17.9. The van der Waals surface area contributed by atoms with Gasteiger partial charge in [-0.3, -0.25) is 9.52 Å². The van der Waals surface area contributed by atoms with Gasteiger partial charge in [-0.2, -0.15) is 5.10 Å². The van der Waals surface area contributed by atoms with Crippen LogP contribution >= 0.6 is 11.3 Å². The van der Waals surface area contributed by atoms with E-state index in [1.165, 1.54) is 17.5 Å². The molecule has 0 radical (unpaired) electrons. The van der Waals surface area contributed by atoms with E-state index in [2.05, 4.69) is 14.8 Å². The lowest BCUT2D eigenvalue weighted by Crippen LogP contribution is -2.25. The Morgan fingerprint density at radius 1 is 1.22 bits per heavy atom. The Morgan fingerprint density at radius 2 is 2.06 bits per heavy atom. The molecule has 9 heteroatoms. The van der Waals surface area contributed by atoms with Crippen molar-refractivity contribution in [2.45, 2.75) is 38.4 Å². The molecule has 0 bridgehead atoms. The molecule has 32 heavy (non-hydrogen) atoms. The molecule has 0 aliphatic heterocycles. The molecule has 7 nitrogen and oxygen atoms in total. The summed E-state index contributed by atoms with van der Waals surface area (Å²) in [6, 6.07) is 12.5. The standard InChI is InChI=1S/C23H24N4O3S2/c1-3-4-7-16(2)32(29,30)26-18-9-5-8-17(14-18)20-11-12-24-23-19(15-25-27(20)23)22(28)21-10-6-13-31-21/h5-6,8-16,26H,3-4,7H2,1-2H3. The average molecular weight is 469 g/mol. The molecule has 1 unspecified atom stereocenters. The van der Waals surface area contributed by atoms with E-state index in [9.17, 15) is 13.2 Å². The lowest BCUT2D eigenvalue weighted by atomic mass is 10.1. The number of unbranched alkanes of at least 4 members (excludes halogenated alkanes) is 1. The third kappa shape index (κ3) is 4.44. The fraction of sp³-hybridized carbons (Fsp3) is 0.261. The number of fused-ring (bicyclic) bond motifs is 1. The van der Waals surface area contributed by atoms with Crippen LogP contribution in [0.5, 0.6) is 0 Å². The smallest absolute Gasteiger partial charge is 0.235 e. The number of rotatable bonds is 9. The first kappa shape index (κ1) is 22.2. The molecule has 0 spiro atoms. The van der Waals surface area contributed by atoms with Crippen LogP contribution in [0, 0.1) is 0 Å². The second kappa shape index (κ2) is 9.22. The predicted molar refractivity (Wildman–Crippen MR) is 128 cm³/mol. The second-order valence-corrected chi connectivity index (χ2v) is 10.7.